The summed E-state index contributed by atoms with van der Waals surface area (Å²) in [4.78, 5) is 14.6. The molecule has 0 saturated heterocycles. The van der Waals surface area contributed by atoms with Gasteiger partial charge in [0.25, 0.3) is 5.91 Å². The van der Waals surface area contributed by atoms with Gasteiger partial charge in [-0.05, 0) is 55.0 Å². The van der Waals surface area contributed by atoms with E-state index in [0.29, 0.717) is 18.8 Å². The minimum absolute atomic E-state index is 0.0124. The monoisotopic (exact) mass is 373 g/mol. The van der Waals surface area contributed by atoms with Crippen molar-refractivity contribution in [3.63, 3.8) is 0 Å². The van der Waals surface area contributed by atoms with Gasteiger partial charge >= 0.3 is 0 Å². The molecule has 0 saturated carbocycles. The maximum Gasteiger partial charge on any atom is 0.258 e. The normalized spacial score (nSPS) is 14.6. The fourth-order valence-electron chi connectivity index (χ4n) is 3.67. The molecule has 0 atom stereocenters. The number of anilines is 1. The van der Waals surface area contributed by atoms with Gasteiger partial charge in [0.1, 0.15) is 11.5 Å². The molecule has 4 nitrogen and oxygen atoms in total. The first-order valence-corrected chi connectivity index (χ1v) is 9.55. The van der Waals surface area contributed by atoms with Crippen molar-refractivity contribution in [1.82, 2.24) is 0 Å². The van der Waals surface area contributed by atoms with Gasteiger partial charge < -0.3 is 14.4 Å². The van der Waals surface area contributed by atoms with Crippen LogP contribution in [0.3, 0.4) is 0 Å². The van der Waals surface area contributed by atoms with Crippen molar-refractivity contribution in [2.75, 3.05) is 25.2 Å². The summed E-state index contributed by atoms with van der Waals surface area (Å²) in [6, 6.07) is 17.9. The molecular formula is C24H23NO3. The molecule has 0 aromatic heterocycles. The molecule has 0 radical (unpaired) electrons. The summed E-state index contributed by atoms with van der Waals surface area (Å²) in [7, 11) is 1.81. The third-order valence-corrected chi connectivity index (χ3v) is 4.98. The van der Waals surface area contributed by atoms with E-state index in [0.717, 1.165) is 39.1 Å². The molecule has 0 unspecified atom stereocenters. The minimum Gasteiger partial charge on any atom is -0.494 e. The lowest BCUT2D eigenvalue weighted by Crippen LogP contribution is -2.20. The topological polar surface area (TPSA) is 38.8 Å². The number of hydrogen-bond donors (Lipinski definition) is 0. The van der Waals surface area contributed by atoms with Crippen LogP contribution in [0.4, 0.5) is 5.69 Å². The van der Waals surface area contributed by atoms with E-state index < -0.39 is 0 Å². The highest BCUT2D eigenvalue weighted by atomic mass is 16.5. The maximum atomic E-state index is 12.9. The molecule has 28 heavy (non-hydrogen) atoms. The van der Waals surface area contributed by atoms with E-state index in [2.05, 4.69) is 0 Å². The highest BCUT2D eigenvalue weighted by molar-refractivity contribution is 6.36. The molecule has 0 bridgehead atoms. The molecule has 1 heterocycles. The van der Waals surface area contributed by atoms with Gasteiger partial charge in [-0.1, -0.05) is 30.3 Å². The number of carbonyl (C=O) groups excluding carboxylic acids is 1. The summed E-state index contributed by atoms with van der Waals surface area (Å²) >= 11 is 0. The van der Waals surface area contributed by atoms with Crippen LogP contribution in [0.1, 0.15) is 25.0 Å². The molecule has 1 aliphatic rings. The largest absolute Gasteiger partial charge is 0.494 e. The number of carbonyl (C=O) groups is 1. The Balaban J connectivity index is 1.96. The summed E-state index contributed by atoms with van der Waals surface area (Å²) < 4.78 is 11.6. The van der Waals surface area contributed by atoms with Crippen LogP contribution < -0.4 is 14.4 Å². The third kappa shape index (κ3) is 3.01. The lowest BCUT2D eigenvalue weighted by atomic mass is 9.98. The van der Waals surface area contributed by atoms with Gasteiger partial charge in [-0.2, -0.15) is 0 Å². The molecule has 1 aliphatic heterocycles. The number of amides is 1. The van der Waals surface area contributed by atoms with Crippen LogP contribution in [-0.2, 0) is 4.79 Å². The molecule has 4 heteroatoms. The molecule has 142 valence electrons. The fourth-order valence-corrected chi connectivity index (χ4v) is 3.67. The SMILES string of the molecule is CCOc1ccc2ccc(OCC)c(/C=C3/C(=O)N(C)c4ccccc43)c2c1. The number of fused-ring (bicyclic) bond motifs is 2. The number of likely N-dealkylation sites (N-methyl/N-ethyl adjacent to an activating group) is 1. The highest BCUT2D eigenvalue weighted by Gasteiger charge is 2.29. The predicted octanol–water partition coefficient (Wildman–Crippen LogP) is 5.15. The second-order valence-electron chi connectivity index (χ2n) is 6.67. The summed E-state index contributed by atoms with van der Waals surface area (Å²) in [6.07, 6.45) is 1.95. The van der Waals surface area contributed by atoms with E-state index in [1.165, 1.54) is 0 Å². The van der Waals surface area contributed by atoms with Crippen LogP contribution in [0.25, 0.3) is 22.4 Å². The van der Waals surface area contributed by atoms with Gasteiger partial charge in [-0.3, -0.25) is 4.79 Å². The van der Waals surface area contributed by atoms with Crippen LogP contribution in [0.2, 0.25) is 0 Å². The molecule has 0 aliphatic carbocycles. The lowest BCUT2D eigenvalue weighted by Gasteiger charge is -2.13. The average Bonchev–Trinajstić information content (AvgIpc) is 2.95. The van der Waals surface area contributed by atoms with E-state index in [1.54, 1.807) is 4.90 Å². The summed E-state index contributed by atoms with van der Waals surface area (Å²) in [5.74, 6) is 1.55. The van der Waals surface area contributed by atoms with Gasteiger partial charge in [-0.15, -0.1) is 0 Å². The average molecular weight is 373 g/mol. The zero-order valence-corrected chi connectivity index (χ0v) is 16.4. The molecule has 3 aromatic carbocycles. The first-order valence-electron chi connectivity index (χ1n) is 9.55. The van der Waals surface area contributed by atoms with E-state index in [1.807, 2.05) is 81.6 Å². The van der Waals surface area contributed by atoms with Crippen molar-refractivity contribution < 1.29 is 14.3 Å². The first kappa shape index (κ1) is 18.1. The number of para-hydroxylation sites is 1. The second-order valence-corrected chi connectivity index (χ2v) is 6.67. The van der Waals surface area contributed by atoms with Gasteiger partial charge in [-0.25, -0.2) is 0 Å². The van der Waals surface area contributed by atoms with Crippen LogP contribution in [0.15, 0.2) is 54.6 Å². The Hall–Kier alpha value is -3.27. The molecular weight excluding hydrogens is 350 g/mol. The molecule has 4 rings (SSSR count). The number of hydrogen-bond acceptors (Lipinski definition) is 3. The first-order chi connectivity index (χ1) is 13.6. The molecule has 0 N–H and O–H groups in total. The summed E-state index contributed by atoms with van der Waals surface area (Å²) in [5, 5.41) is 2.08. The number of rotatable bonds is 5. The van der Waals surface area contributed by atoms with Crippen LogP contribution >= 0.6 is 0 Å². The Bertz CT molecular complexity index is 1080. The highest BCUT2D eigenvalue weighted by Crippen LogP contribution is 2.40. The van der Waals surface area contributed by atoms with E-state index in [-0.39, 0.29) is 5.91 Å². The second kappa shape index (κ2) is 7.39. The van der Waals surface area contributed by atoms with Crippen LogP contribution in [0.5, 0.6) is 11.5 Å². The van der Waals surface area contributed by atoms with Gasteiger partial charge in [0.2, 0.25) is 0 Å². The minimum atomic E-state index is -0.0124. The zero-order valence-electron chi connectivity index (χ0n) is 16.4. The quantitative estimate of drug-likeness (QED) is 0.580. The Morgan fingerprint density at radius 2 is 1.71 bits per heavy atom. The van der Waals surface area contributed by atoms with E-state index in [9.17, 15) is 4.79 Å². The van der Waals surface area contributed by atoms with Crippen molar-refractivity contribution in [2.24, 2.45) is 0 Å². The van der Waals surface area contributed by atoms with Gasteiger partial charge in [0, 0.05) is 23.7 Å². The Labute approximate surface area is 165 Å². The third-order valence-electron chi connectivity index (χ3n) is 4.98. The standard InChI is InChI=1S/C24H23NO3/c1-4-27-17-12-10-16-11-13-23(28-5-2)20(19(16)14-17)15-21-18-8-6-7-9-22(18)25(3)24(21)26/h6-15H,4-5H2,1-3H3/b21-15+. The number of benzene rings is 3. The Morgan fingerprint density at radius 1 is 0.964 bits per heavy atom. The van der Waals surface area contributed by atoms with Gasteiger partial charge in [0.05, 0.1) is 18.9 Å². The number of nitrogens with zero attached hydrogens (tertiary/aromatic N) is 1. The molecule has 0 fully saturated rings. The molecule has 3 aromatic rings. The predicted molar refractivity (Wildman–Crippen MR) is 114 cm³/mol. The number of ether oxygens (including phenoxy) is 2. The van der Waals surface area contributed by atoms with Gasteiger partial charge in [0.15, 0.2) is 0 Å². The van der Waals surface area contributed by atoms with Crippen LogP contribution in [0, 0.1) is 0 Å². The van der Waals surface area contributed by atoms with Crippen LogP contribution in [-0.4, -0.2) is 26.2 Å². The Morgan fingerprint density at radius 3 is 2.50 bits per heavy atom. The van der Waals surface area contributed by atoms with Crippen molar-refractivity contribution in [1.29, 1.82) is 0 Å². The van der Waals surface area contributed by atoms with E-state index >= 15 is 0 Å². The van der Waals surface area contributed by atoms with Crippen molar-refractivity contribution in [3.8, 4) is 11.5 Å². The van der Waals surface area contributed by atoms with Crippen molar-refractivity contribution >= 4 is 34.0 Å². The van der Waals surface area contributed by atoms with Crippen molar-refractivity contribution in [3.05, 3.63) is 65.7 Å². The summed E-state index contributed by atoms with van der Waals surface area (Å²) in [5.41, 5.74) is 3.44. The Kier molecular flexibility index (Phi) is 4.78. The maximum absolute atomic E-state index is 12.9. The fraction of sp³-hybridized carbons (Fsp3) is 0.208. The lowest BCUT2D eigenvalue weighted by molar-refractivity contribution is -0.112. The molecule has 0 spiro atoms. The molecule has 1 amide bonds. The van der Waals surface area contributed by atoms with E-state index in [4.69, 9.17) is 9.47 Å². The zero-order chi connectivity index (χ0) is 19.7. The summed E-state index contributed by atoms with van der Waals surface area (Å²) in [6.45, 7) is 5.08. The smallest absolute Gasteiger partial charge is 0.258 e. The van der Waals surface area contributed by atoms with Crippen molar-refractivity contribution in [2.45, 2.75) is 13.8 Å².